The van der Waals surface area contributed by atoms with E-state index in [4.69, 9.17) is 22.2 Å². The Labute approximate surface area is 111 Å². The van der Waals surface area contributed by atoms with Crippen molar-refractivity contribution < 1.29 is 31.1 Å². The summed E-state index contributed by atoms with van der Waals surface area (Å²) in [6.07, 6.45) is -6.09. The topological polar surface area (TPSA) is 9.23 Å². The molecule has 0 aliphatic carbocycles. The van der Waals surface area contributed by atoms with E-state index in [1.165, 1.54) is 6.92 Å². The summed E-state index contributed by atoms with van der Waals surface area (Å²) >= 11 is 10.8. The summed E-state index contributed by atoms with van der Waals surface area (Å²) in [7, 11) is 0. The minimum absolute atomic E-state index is 0.0432. The van der Waals surface area contributed by atoms with E-state index in [9.17, 15) is 26.3 Å². The van der Waals surface area contributed by atoms with E-state index < -0.39 is 36.9 Å². The first kappa shape index (κ1) is 18.3. The molecule has 0 aliphatic rings. The van der Waals surface area contributed by atoms with Crippen molar-refractivity contribution in [1.82, 2.24) is 0 Å². The lowest BCUT2D eigenvalue weighted by atomic mass is 10.3. The van der Waals surface area contributed by atoms with Crippen molar-refractivity contribution in [3.63, 3.8) is 0 Å². The monoisotopic (exact) mass is 336 g/mol. The maximum atomic E-state index is 14.1. The van der Waals surface area contributed by atoms with Gasteiger partial charge in [0.15, 0.2) is 0 Å². The molecule has 0 saturated heterocycles. The Morgan fingerprint density at radius 3 is 1.72 bits per heavy atom. The van der Waals surface area contributed by atoms with Gasteiger partial charge in [-0.25, -0.2) is 4.39 Å². The fourth-order valence-electron chi connectivity index (χ4n) is 1.08. The molecule has 0 aromatic rings. The molecule has 18 heavy (non-hydrogen) atoms. The molecule has 110 valence electrons. The largest absolute Gasteiger partial charge is 0.459 e. The molecule has 0 saturated carbocycles. The van der Waals surface area contributed by atoms with Gasteiger partial charge in [-0.15, -0.1) is 22.2 Å². The van der Waals surface area contributed by atoms with E-state index in [1.54, 1.807) is 0 Å². The van der Waals surface area contributed by atoms with Crippen LogP contribution in [0.2, 0.25) is 6.04 Å². The second-order valence-corrected chi connectivity index (χ2v) is 10.8. The predicted molar refractivity (Wildman–Crippen MR) is 59.0 cm³/mol. The fraction of sp³-hybridized carbons (Fsp3) is 1.00. The van der Waals surface area contributed by atoms with Crippen LogP contribution in [-0.2, 0) is 4.74 Å². The number of ether oxygens (including phenoxy) is 1. The summed E-state index contributed by atoms with van der Waals surface area (Å²) in [6.45, 7) is -2.72. The fourth-order valence-corrected chi connectivity index (χ4v) is 3.49. The number of rotatable bonds is 6. The molecule has 0 spiro atoms. The van der Waals surface area contributed by atoms with Crippen molar-refractivity contribution >= 4 is 28.9 Å². The summed E-state index contributed by atoms with van der Waals surface area (Å²) in [5, 5.41) is 0. The van der Waals surface area contributed by atoms with E-state index in [-0.39, 0.29) is 6.42 Å². The molecule has 0 radical (unpaired) electrons. The van der Waals surface area contributed by atoms with Crippen LogP contribution in [0.5, 0.6) is 0 Å². The van der Waals surface area contributed by atoms with Crippen molar-refractivity contribution in [3.05, 3.63) is 0 Å². The van der Waals surface area contributed by atoms with Crippen LogP contribution >= 0.6 is 22.2 Å². The van der Waals surface area contributed by atoms with Crippen LogP contribution < -0.4 is 0 Å². The zero-order chi connectivity index (χ0) is 14.8. The van der Waals surface area contributed by atoms with Crippen LogP contribution in [0.25, 0.3) is 0 Å². The average Bonchev–Trinajstić information content (AvgIpc) is 2.23. The third-order valence-corrected chi connectivity index (χ3v) is 7.53. The van der Waals surface area contributed by atoms with Gasteiger partial charge in [-0.1, -0.05) is 13.8 Å². The Morgan fingerprint density at radius 2 is 1.44 bits per heavy atom. The quantitative estimate of drug-likeness (QED) is 0.386. The first-order valence-electron chi connectivity index (χ1n) is 5.02. The molecule has 1 unspecified atom stereocenters. The molecule has 0 fully saturated rings. The SMILES string of the molecule is CCCOC(F)(C(F)(F)C(F)(F)F)[Si](Cl)(Cl)CC. The van der Waals surface area contributed by atoms with Gasteiger partial charge >= 0.3 is 18.8 Å². The second-order valence-electron chi connectivity index (χ2n) is 3.57. The van der Waals surface area contributed by atoms with Crippen molar-refractivity contribution in [2.45, 2.75) is 43.9 Å². The zero-order valence-electron chi connectivity index (χ0n) is 9.55. The number of hydrogen-bond donors (Lipinski definition) is 0. The van der Waals surface area contributed by atoms with E-state index in [0.717, 1.165) is 6.92 Å². The molecule has 0 aromatic heterocycles. The van der Waals surface area contributed by atoms with Crippen LogP contribution in [0.4, 0.5) is 26.3 Å². The third-order valence-electron chi connectivity index (χ3n) is 2.18. The van der Waals surface area contributed by atoms with E-state index >= 15 is 0 Å². The van der Waals surface area contributed by atoms with Crippen LogP contribution in [0.15, 0.2) is 0 Å². The molecule has 0 N–H and O–H groups in total. The summed E-state index contributed by atoms with van der Waals surface area (Å²) in [5.41, 5.74) is -4.41. The number of alkyl halides is 6. The highest BCUT2D eigenvalue weighted by Gasteiger charge is 2.79. The summed E-state index contributed by atoms with van der Waals surface area (Å²) in [6, 6.07) is -0.554. The van der Waals surface area contributed by atoms with Crippen LogP contribution in [0.1, 0.15) is 20.3 Å². The molecule has 0 bridgehead atoms. The lowest BCUT2D eigenvalue weighted by Crippen LogP contribution is -2.66. The Balaban J connectivity index is 5.62. The third kappa shape index (κ3) is 3.08. The molecule has 10 heteroatoms. The highest BCUT2D eigenvalue weighted by atomic mass is 35.7. The standard InChI is InChI=1S/C8H12Cl2F6OSi/c1-3-5-17-8(16,18(9,10)4-2)6(11,12)7(13,14)15/h3-5H2,1-2H3. The first-order chi connectivity index (χ1) is 7.87. The van der Waals surface area contributed by atoms with Crippen molar-refractivity contribution in [3.8, 4) is 0 Å². The van der Waals surface area contributed by atoms with Crippen molar-refractivity contribution in [1.29, 1.82) is 0 Å². The van der Waals surface area contributed by atoms with Crippen LogP contribution in [0, 0.1) is 0 Å². The Bertz CT molecular complexity index is 285. The maximum absolute atomic E-state index is 14.1. The lowest BCUT2D eigenvalue weighted by molar-refractivity contribution is -0.358. The molecule has 0 aliphatic heterocycles. The Kier molecular flexibility index (Phi) is 5.87. The van der Waals surface area contributed by atoms with Gasteiger partial charge in [0.25, 0.3) is 5.48 Å². The highest BCUT2D eigenvalue weighted by molar-refractivity contribution is 7.46. The van der Waals surface area contributed by atoms with Gasteiger partial charge in [-0.3, -0.25) is 0 Å². The molecule has 0 heterocycles. The predicted octanol–water partition coefficient (Wildman–Crippen LogP) is 4.76. The van der Waals surface area contributed by atoms with E-state index in [1.807, 2.05) is 0 Å². The molecular formula is C8H12Cl2F6OSi. The summed E-state index contributed by atoms with van der Waals surface area (Å²) < 4.78 is 81.4. The minimum Gasteiger partial charge on any atom is -0.342 e. The van der Waals surface area contributed by atoms with Crippen LogP contribution in [0.3, 0.4) is 0 Å². The molecule has 0 rings (SSSR count). The van der Waals surface area contributed by atoms with Gasteiger partial charge in [-0.2, -0.15) is 22.0 Å². The summed E-state index contributed by atoms with van der Waals surface area (Å²) in [5.74, 6) is -5.76. The van der Waals surface area contributed by atoms with E-state index in [0.29, 0.717) is 0 Å². The van der Waals surface area contributed by atoms with Crippen molar-refractivity contribution in [2.75, 3.05) is 6.61 Å². The summed E-state index contributed by atoms with van der Waals surface area (Å²) in [4.78, 5) is 0. The first-order valence-corrected chi connectivity index (χ1v) is 9.25. The van der Waals surface area contributed by atoms with Crippen LogP contribution in [-0.4, -0.2) is 30.9 Å². The molecule has 0 amide bonds. The second kappa shape index (κ2) is 5.76. The van der Waals surface area contributed by atoms with Gasteiger partial charge < -0.3 is 4.74 Å². The van der Waals surface area contributed by atoms with Gasteiger partial charge in [0.2, 0.25) is 0 Å². The molecular weight excluding hydrogens is 325 g/mol. The Hall–Kier alpha value is 0.337. The minimum atomic E-state index is -6.13. The molecule has 1 atom stereocenters. The maximum Gasteiger partial charge on any atom is 0.459 e. The van der Waals surface area contributed by atoms with Crippen molar-refractivity contribution in [2.24, 2.45) is 0 Å². The zero-order valence-corrected chi connectivity index (χ0v) is 12.1. The molecule has 1 nitrogen and oxygen atoms in total. The van der Waals surface area contributed by atoms with Gasteiger partial charge in [0, 0.05) is 0 Å². The molecule has 0 aromatic carbocycles. The number of hydrogen-bond acceptors (Lipinski definition) is 1. The average molecular weight is 337 g/mol. The smallest absolute Gasteiger partial charge is 0.342 e. The number of halogens is 8. The highest BCUT2D eigenvalue weighted by Crippen LogP contribution is 2.53. The Morgan fingerprint density at radius 1 is 1.00 bits per heavy atom. The van der Waals surface area contributed by atoms with Gasteiger partial charge in [0.1, 0.15) is 0 Å². The van der Waals surface area contributed by atoms with Gasteiger partial charge in [-0.05, 0) is 12.5 Å². The lowest BCUT2D eigenvalue weighted by Gasteiger charge is -2.39. The normalized spacial score (nSPS) is 17.7. The van der Waals surface area contributed by atoms with E-state index in [2.05, 4.69) is 4.74 Å². The van der Waals surface area contributed by atoms with Gasteiger partial charge in [0.05, 0.1) is 6.61 Å².